The molecule has 206 valence electrons. The first-order valence-corrected chi connectivity index (χ1v) is 13.3. The maximum atomic E-state index is 14.0. The van der Waals surface area contributed by atoms with Crippen molar-refractivity contribution in [3.63, 3.8) is 0 Å². The van der Waals surface area contributed by atoms with E-state index in [2.05, 4.69) is 33.0 Å². The van der Waals surface area contributed by atoms with Gasteiger partial charge in [0.05, 0.1) is 23.7 Å². The fourth-order valence-corrected chi connectivity index (χ4v) is 4.45. The van der Waals surface area contributed by atoms with E-state index >= 15 is 0 Å². The first kappa shape index (κ1) is 29.1. The first-order chi connectivity index (χ1) is 17.8. The maximum absolute atomic E-state index is 14.0. The van der Waals surface area contributed by atoms with E-state index in [0.29, 0.717) is 47.7 Å². The van der Waals surface area contributed by atoms with E-state index in [1.807, 2.05) is 57.2 Å². The summed E-state index contributed by atoms with van der Waals surface area (Å²) >= 11 is 0. The highest BCUT2D eigenvalue weighted by atomic mass is 16.5. The number of benzene rings is 2. The van der Waals surface area contributed by atoms with Gasteiger partial charge in [0.25, 0.3) is 5.56 Å². The molecule has 0 bridgehead atoms. The molecule has 7 heteroatoms. The van der Waals surface area contributed by atoms with E-state index in [9.17, 15) is 14.7 Å². The van der Waals surface area contributed by atoms with Crippen LogP contribution >= 0.6 is 0 Å². The second kappa shape index (κ2) is 11.9. The molecular formula is C31H42N2O5. The number of unbranched alkanes of at least 4 members (excludes halogenated alkanes) is 1. The lowest BCUT2D eigenvalue weighted by Gasteiger charge is -2.35. The van der Waals surface area contributed by atoms with Gasteiger partial charge in [-0.2, -0.15) is 0 Å². The van der Waals surface area contributed by atoms with Crippen LogP contribution < -0.4 is 20.3 Å². The summed E-state index contributed by atoms with van der Waals surface area (Å²) in [5.74, 6) is 1.13. The topological polar surface area (TPSA) is 89.8 Å². The van der Waals surface area contributed by atoms with E-state index in [-0.39, 0.29) is 11.0 Å². The number of aromatic nitrogens is 1. The quantitative estimate of drug-likeness (QED) is 0.276. The van der Waals surface area contributed by atoms with Gasteiger partial charge in [0, 0.05) is 11.9 Å². The molecule has 2 aromatic carbocycles. The molecule has 0 saturated carbocycles. The third-order valence-corrected chi connectivity index (χ3v) is 6.27. The van der Waals surface area contributed by atoms with Crippen LogP contribution in [0.4, 0.5) is 4.79 Å². The number of carbonyl (C=O) groups is 1. The van der Waals surface area contributed by atoms with Crippen LogP contribution in [0.2, 0.25) is 0 Å². The van der Waals surface area contributed by atoms with Crippen molar-refractivity contribution in [2.45, 2.75) is 80.5 Å². The van der Waals surface area contributed by atoms with Crippen molar-refractivity contribution in [2.75, 3.05) is 6.61 Å². The van der Waals surface area contributed by atoms with Crippen LogP contribution in [0.1, 0.15) is 78.6 Å². The number of amides is 1. The molecule has 0 fully saturated rings. The van der Waals surface area contributed by atoms with E-state index in [1.54, 1.807) is 16.7 Å². The van der Waals surface area contributed by atoms with Crippen molar-refractivity contribution in [2.24, 2.45) is 10.8 Å². The summed E-state index contributed by atoms with van der Waals surface area (Å²) in [5.41, 5.74) is 0.624. The maximum Gasteiger partial charge on any atom is 0.405 e. The van der Waals surface area contributed by atoms with Crippen LogP contribution in [0.15, 0.2) is 53.3 Å². The third kappa shape index (κ3) is 7.30. The van der Waals surface area contributed by atoms with Gasteiger partial charge >= 0.3 is 6.09 Å². The highest BCUT2D eigenvalue weighted by Crippen LogP contribution is 2.42. The molecule has 0 spiro atoms. The Kier molecular flexibility index (Phi) is 9.13. The lowest BCUT2D eigenvalue weighted by atomic mass is 9.83. The molecule has 0 aliphatic heterocycles. The van der Waals surface area contributed by atoms with Gasteiger partial charge < -0.3 is 24.5 Å². The van der Waals surface area contributed by atoms with Crippen LogP contribution in [-0.4, -0.2) is 22.4 Å². The zero-order valence-corrected chi connectivity index (χ0v) is 23.8. The Morgan fingerprint density at radius 3 is 2.26 bits per heavy atom. The second-order valence-electron chi connectivity index (χ2n) is 12.1. The molecule has 3 rings (SSSR count). The minimum atomic E-state index is -1.15. The molecule has 38 heavy (non-hydrogen) atoms. The van der Waals surface area contributed by atoms with Crippen LogP contribution in [0.25, 0.3) is 10.8 Å². The standard InChI is InChI=1S/C31H42N2O5/c1-8-9-17-37-26-24-18-22(38-19-21-13-11-10-12-14-21)15-16-23(24)28(34)33(20-30(2,3)4)25(26)27(31(5,6)7)32-29(35)36/h10-16,18,27,32H,8-9,17,19-20H2,1-7H3,(H,35,36). The highest BCUT2D eigenvalue weighted by Gasteiger charge is 2.35. The number of ether oxygens (including phenoxy) is 2. The van der Waals surface area contributed by atoms with Gasteiger partial charge in [-0.15, -0.1) is 0 Å². The minimum absolute atomic E-state index is 0.177. The molecule has 3 aromatic rings. The zero-order chi connectivity index (χ0) is 28.1. The largest absolute Gasteiger partial charge is 0.491 e. The molecule has 1 atom stereocenters. The molecule has 1 amide bonds. The SMILES string of the molecule is CCCCOc1c(C(NC(=O)O)C(C)(C)C)n(CC(C)(C)C)c(=O)c2ccc(OCc3ccccc3)cc12. The number of nitrogens with one attached hydrogen (secondary N) is 1. The van der Waals surface area contributed by atoms with Crippen LogP contribution in [0, 0.1) is 10.8 Å². The highest BCUT2D eigenvalue weighted by molar-refractivity contribution is 5.90. The molecule has 2 N–H and O–H groups in total. The van der Waals surface area contributed by atoms with Crippen molar-refractivity contribution < 1.29 is 19.4 Å². The smallest absolute Gasteiger partial charge is 0.405 e. The molecule has 1 heterocycles. The average Bonchev–Trinajstić information content (AvgIpc) is 2.83. The summed E-state index contributed by atoms with van der Waals surface area (Å²) in [6.45, 7) is 15.4. The number of nitrogens with zero attached hydrogens (tertiary/aromatic N) is 1. The van der Waals surface area contributed by atoms with Gasteiger partial charge in [-0.25, -0.2) is 4.79 Å². The van der Waals surface area contributed by atoms with Crippen molar-refractivity contribution in [1.82, 2.24) is 9.88 Å². The predicted octanol–water partition coefficient (Wildman–Crippen LogP) is 7.16. The van der Waals surface area contributed by atoms with Gasteiger partial charge in [0.1, 0.15) is 18.1 Å². The van der Waals surface area contributed by atoms with Gasteiger partial charge in [-0.3, -0.25) is 4.79 Å². The molecular weight excluding hydrogens is 480 g/mol. The molecule has 0 radical (unpaired) electrons. The zero-order valence-electron chi connectivity index (χ0n) is 23.8. The monoisotopic (exact) mass is 522 g/mol. The normalized spacial score (nSPS) is 12.8. The Morgan fingerprint density at radius 2 is 1.68 bits per heavy atom. The Bertz CT molecular complexity index is 1300. The average molecular weight is 523 g/mol. The van der Waals surface area contributed by atoms with Crippen LogP contribution in [-0.2, 0) is 13.2 Å². The lowest BCUT2D eigenvalue weighted by molar-refractivity contribution is 0.169. The summed E-state index contributed by atoms with van der Waals surface area (Å²) in [7, 11) is 0. The van der Waals surface area contributed by atoms with Crippen LogP contribution in [0.5, 0.6) is 11.5 Å². The number of hydrogen-bond acceptors (Lipinski definition) is 4. The Hall–Kier alpha value is -3.48. The van der Waals surface area contributed by atoms with Crippen molar-refractivity contribution >= 4 is 16.9 Å². The van der Waals surface area contributed by atoms with E-state index in [1.165, 1.54) is 0 Å². The number of fused-ring (bicyclic) bond motifs is 1. The fourth-order valence-electron chi connectivity index (χ4n) is 4.45. The third-order valence-electron chi connectivity index (χ3n) is 6.27. The van der Waals surface area contributed by atoms with Crippen molar-refractivity contribution in [3.05, 3.63) is 70.1 Å². The minimum Gasteiger partial charge on any atom is -0.491 e. The molecule has 1 unspecified atom stereocenters. The Morgan fingerprint density at radius 1 is 1.00 bits per heavy atom. The molecule has 7 nitrogen and oxygen atoms in total. The van der Waals surface area contributed by atoms with Crippen molar-refractivity contribution in [3.8, 4) is 11.5 Å². The molecule has 0 aliphatic rings. The van der Waals surface area contributed by atoms with Gasteiger partial charge in [-0.1, -0.05) is 85.2 Å². The van der Waals surface area contributed by atoms with E-state index in [4.69, 9.17) is 9.47 Å². The van der Waals surface area contributed by atoms with E-state index < -0.39 is 17.6 Å². The van der Waals surface area contributed by atoms with Gasteiger partial charge in [-0.05, 0) is 41.0 Å². The van der Waals surface area contributed by atoms with E-state index in [0.717, 1.165) is 18.4 Å². The van der Waals surface area contributed by atoms with Gasteiger partial charge in [0.15, 0.2) is 0 Å². The Balaban J connectivity index is 2.30. The summed E-state index contributed by atoms with van der Waals surface area (Å²) in [6.07, 6.45) is 0.617. The predicted molar refractivity (Wildman–Crippen MR) is 152 cm³/mol. The number of rotatable bonds is 10. The fraction of sp³-hybridized carbons (Fsp3) is 0.484. The summed E-state index contributed by atoms with van der Waals surface area (Å²) < 4.78 is 14.2. The number of pyridine rings is 1. The second-order valence-corrected chi connectivity index (χ2v) is 12.1. The molecule has 0 saturated heterocycles. The van der Waals surface area contributed by atoms with Crippen molar-refractivity contribution in [1.29, 1.82) is 0 Å². The number of hydrogen-bond donors (Lipinski definition) is 2. The summed E-state index contributed by atoms with van der Waals surface area (Å²) in [4.78, 5) is 26.0. The first-order valence-electron chi connectivity index (χ1n) is 13.3. The van der Waals surface area contributed by atoms with Gasteiger partial charge in [0.2, 0.25) is 0 Å². The summed E-state index contributed by atoms with van der Waals surface area (Å²) in [6, 6.07) is 14.6. The summed E-state index contributed by atoms with van der Waals surface area (Å²) in [5, 5.41) is 13.6. The Labute approximate surface area is 225 Å². The molecule has 1 aromatic heterocycles. The number of carboxylic acid groups (broad SMARTS) is 1. The molecule has 0 aliphatic carbocycles. The lowest BCUT2D eigenvalue weighted by Crippen LogP contribution is -2.41. The van der Waals surface area contributed by atoms with Crippen LogP contribution in [0.3, 0.4) is 0 Å².